The average molecular weight is 592 g/mol. The summed E-state index contributed by atoms with van der Waals surface area (Å²) in [7, 11) is -9.07. The summed E-state index contributed by atoms with van der Waals surface area (Å²) in [4.78, 5) is 11.1. The summed E-state index contributed by atoms with van der Waals surface area (Å²) in [6.45, 7) is 0. The van der Waals surface area contributed by atoms with Gasteiger partial charge in [0.1, 0.15) is 5.75 Å². The van der Waals surface area contributed by atoms with Crippen molar-refractivity contribution in [1.29, 1.82) is 0 Å². The van der Waals surface area contributed by atoms with Crippen LogP contribution >= 0.6 is 0 Å². The Kier molecular flexibility index (Phi) is 7.82. The van der Waals surface area contributed by atoms with Crippen LogP contribution in [0.1, 0.15) is 41.6 Å². The Morgan fingerprint density at radius 3 is 2.11 bits per heavy atom. The molecule has 0 atom stereocenters. The Morgan fingerprint density at radius 1 is 0.974 bits per heavy atom. The van der Waals surface area contributed by atoms with Crippen molar-refractivity contribution in [3.63, 3.8) is 0 Å². The third-order valence-electron chi connectivity index (χ3n) is 5.85. The maximum Gasteiger partial charge on any atom is 0.573 e. The summed E-state index contributed by atoms with van der Waals surface area (Å²) < 4.78 is 146. The number of alkyl halides is 7. The van der Waals surface area contributed by atoms with Gasteiger partial charge in [-0.15, -0.1) is 13.2 Å². The van der Waals surface area contributed by atoms with Crippen molar-refractivity contribution in [2.24, 2.45) is 0 Å². The molecule has 1 aliphatic rings. The molecule has 0 aromatic heterocycles. The van der Waals surface area contributed by atoms with Gasteiger partial charge in [0.05, 0.1) is 20.9 Å². The number of amides is 1. The molecule has 1 aliphatic carbocycles. The fraction of sp³-hybridized carbons (Fsp3) is 0.409. The summed E-state index contributed by atoms with van der Waals surface area (Å²) in [6.07, 6.45) is -11.2. The molecule has 2 aromatic rings. The molecular formula is C22H20F7NO6S2. The van der Waals surface area contributed by atoms with Crippen molar-refractivity contribution in [2.75, 3.05) is 6.26 Å². The van der Waals surface area contributed by atoms with E-state index in [1.165, 1.54) is 0 Å². The van der Waals surface area contributed by atoms with Gasteiger partial charge in [0.15, 0.2) is 9.84 Å². The Hall–Kier alpha value is -2.88. The van der Waals surface area contributed by atoms with Crippen molar-refractivity contribution < 1.29 is 57.1 Å². The van der Waals surface area contributed by atoms with Crippen LogP contribution in [-0.2, 0) is 25.9 Å². The predicted molar refractivity (Wildman–Crippen MR) is 118 cm³/mol. The van der Waals surface area contributed by atoms with Crippen molar-refractivity contribution >= 4 is 25.6 Å². The van der Waals surface area contributed by atoms with Crippen LogP contribution in [0.3, 0.4) is 0 Å². The number of halogens is 7. The van der Waals surface area contributed by atoms with E-state index in [1.54, 1.807) is 0 Å². The molecule has 0 spiro atoms. The largest absolute Gasteiger partial charge is 0.573 e. The Labute approximate surface area is 212 Å². The molecule has 16 heteroatoms. The quantitative estimate of drug-likeness (QED) is 0.483. The van der Waals surface area contributed by atoms with Crippen LogP contribution in [0.4, 0.5) is 30.7 Å². The van der Waals surface area contributed by atoms with Gasteiger partial charge in [-0.05, 0) is 62.1 Å². The lowest BCUT2D eigenvalue weighted by molar-refractivity contribution is -0.274. The first-order chi connectivity index (χ1) is 17.2. The second-order valence-electron chi connectivity index (χ2n) is 8.64. The van der Waals surface area contributed by atoms with E-state index in [0.29, 0.717) is 30.5 Å². The molecule has 0 radical (unpaired) electrons. The standard InChI is InChI=1S/C22H20F7NO6S2/c1-37(32,33)18-11-13(21(24,25)26)5-6-17(18)19(31)30-14-7-9-20(23,10-8-14)38(34,35)16-4-2-3-15(12-16)36-22(27,28)29/h2-6,11-12,14H,7-10H2,1H3,(H,30,31)/t14-,20+. The lowest BCUT2D eigenvalue weighted by Gasteiger charge is -2.34. The highest BCUT2D eigenvalue weighted by Crippen LogP contribution is 2.41. The van der Waals surface area contributed by atoms with Crippen LogP contribution in [-0.4, -0.2) is 46.4 Å². The van der Waals surface area contributed by atoms with E-state index in [4.69, 9.17) is 0 Å². The number of ether oxygens (including phenoxy) is 1. The highest BCUT2D eigenvalue weighted by atomic mass is 32.2. The normalized spacial score (nSPS) is 21.1. The SMILES string of the molecule is CS(=O)(=O)c1cc(C(F)(F)F)ccc1C(=O)N[C@H]1CC[C@@](F)(S(=O)(=O)c2cccc(OC(F)(F)F)c2)CC1. The summed E-state index contributed by atoms with van der Waals surface area (Å²) in [5.41, 5.74) is -1.86. The summed E-state index contributed by atoms with van der Waals surface area (Å²) in [5, 5.41) is -0.513. The Morgan fingerprint density at radius 2 is 1.58 bits per heavy atom. The van der Waals surface area contributed by atoms with Crippen molar-refractivity contribution in [2.45, 2.75) is 59.1 Å². The van der Waals surface area contributed by atoms with Crippen LogP contribution < -0.4 is 10.1 Å². The zero-order valence-corrected chi connectivity index (χ0v) is 21.0. The summed E-state index contributed by atoms with van der Waals surface area (Å²) >= 11 is 0. The summed E-state index contributed by atoms with van der Waals surface area (Å²) in [6, 6.07) is 3.91. The topological polar surface area (TPSA) is 107 Å². The average Bonchev–Trinajstić information content (AvgIpc) is 2.78. The van der Waals surface area contributed by atoms with Crippen molar-refractivity contribution in [1.82, 2.24) is 5.32 Å². The van der Waals surface area contributed by atoms with E-state index >= 15 is 4.39 Å². The first kappa shape index (κ1) is 29.7. The number of carbonyl (C=O) groups excluding carboxylic acids is 1. The third kappa shape index (κ3) is 6.57. The molecule has 3 rings (SSSR count). The van der Waals surface area contributed by atoms with Gasteiger partial charge in [0, 0.05) is 12.3 Å². The van der Waals surface area contributed by atoms with Gasteiger partial charge in [-0.1, -0.05) is 6.07 Å². The van der Waals surface area contributed by atoms with Gasteiger partial charge in [-0.3, -0.25) is 4.79 Å². The third-order valence-corrected chi connectivity index (χ3v) is 9.23. The van der Waals surface area contributed by atoms with Gasteiger partial charge < -0.3 is 10.1 Å². The van der Waals surface area contributed by atoms with Gasteiger partial charge in [0.2, 0.25) is 14.8 Å². The molecule has 1 amide bonds. The Bertz CT molecular complexity index is 1430. The molecule has 0 heterocycles. The lowest BCUT2D eigenvalue weighted by Crippen LogP contribution is -2.45. The van der Waals surface area contributed by atoms with Crippen molar-refractivity contribution in [3.8, 4) is 5.75 Å². The molecule has 2 aromatic carbocycles. The lowest BCUT2D eigenvalue weighted by atomic mass is 9.93. The van der Waals surface area contributed by atoms with E-state index in [9.17, 15) is 48.0 Å². The molecule has 1 N–H and O–H groups in total. The van der Waals surface area contributed by atoms with Gasteiger partial charge in [0.25, 0.3) is 5.91 Å². The minimum Gasteiger partial charge on any atom is -0.406 e. The molecule has 7 nitrogen and oxygen atoms in total. The number of hydrogen-bond acceptors (Lipinski definition) is 6. The monoisotopic (exact) mass is 591 g/mol. The summed E-state index contributed by atoms with van der Waals surface area (Å²) in [5.74, 6) is -1.92. The number of carbonyl (C=O) groups is 1. The second kappa shape index (κ2) is 10.0. The van der Waals surface area contributed by atoms with E-state index < -0.39 is 88.7 Å². The van der Waals surface area contributed by atoms with Gasteiger partial charge in [-0.25, -0.2) is 21.2 Å². The minimum absolute atomic E-state index is 0.269. The predicted octanol–water partition coefficient (Wildman–Crippen LogP) is 4.82. The zero-order chi connectivity index (χ0) is 28.7. The Balaban J connectivity index is 1.76. The molecule has 0 aliphatic heterocycles. The highest BCUT2D eigenvalue weighted by Gasteiger charge is 2.48. The first-order valence-corrected chi connectivity index (χ1v) is 14.1. The fourth-order valence-corrected chi connectivity index (χ4v) is 6.59. The van der Waals surface area contributed by atoms with E-state index in [2.05, 4.69) is 10.1 Å². The van der Waals surface area contributed by atoms with Gasteiger partial charge >= 0.3 is 12.5 Å². The van der Waals surface area contributed by atoms with E-state index in [0.717, 1.165) is 18.2 Å². The van der Waals surface area contributed by atoms with E-state index in [-0.39, 0.29) is 12.8 Å². The van der Waals surface area contributed by atoms with Crippen LogP contribution in [0.15, 0.2) is 52.3 Å². The minimum atomic E-state index is -5.10. The van der Waals surface area contributed by atoms with Gasteiger partial charge in [-0.2, -0.15) is 13.2 Å². The maximum absolute atomic E-state index is 15.6. The molecule has 210 valence electrons. The second-order valence-corrected chi connectivity index (χ2v) is 12.8. The maximum atomic E-state index is 15.6. The molecule has 0 bridgehead atoms. The first-order valence-electron chi connectivity index (χ1n) is 10.7. The fourth-order valence-electron chi connectivity index (χ4n) is 3.97. The zero-order valence-electron chi connectivity index (χ0n) is 19.4. The number of sulfone groups is 2. The van der Waals surface area contributed by atoms with Crippen LogP contribution in [0.2, 0.25) is 0 Å². The molecular weight excluding hydrogens is 571 g/mol. The molecule has 1 fully saturated rings. The molecule has 0 unspecified atom stereocenters. The molecule has 38 heavy (non-hydrogen) atoms. The van der Waals surface area contributed by atoms with E-state index in [1.807, 2.05) is 0 Å². The van der Waals surface area contributed by atoms with Crippen LogP contribution in [0, 0.1) is 0 Å². The number of rotatable bonds is 6. The van der Waals surface area contributed by atoms with Crippen LogP contribution in [0.25, 0.3) is 0 Å². The van der Waals surface area contributed by atoms with Crippen LogP contribution in [0.5, 0.6) is 5.75 Å². The number of hydrogen-bond donors (Lipinski definition) is 1. The van der Waals surface area contributed by atoms with Crippen molar-refractivity contribution in [3.05, 3.63) is 53.6 Å². The molecule has 0 saturated heterocycles. The highest BCUT2D eigenvalue weighted by molar-refractivity contribution is 7.92. The molecule has 1 saturated carbocycles. The number of benzene rings is 2. The smallest absolute Gasteiger partial charge is 0.406 e. The number of nitrogens with one attached hydrogen (secondary N) is 1.